The molecule has 53 heavy (non-hydrogen) atoms. The maximum Gasteiger partial charge on any atom is 0.0903 e. The molecule has 272 valence electrons. The van der Waals surface area contributed by atoms with E-state index in [9.17, 15) is 0 Å². The summed E-state index contributed by atoms with van der Waals surface area (Å²) in [6.07, 6.45) is 1.10. The Morgan fingerprint density at radius 1 is 0.396 bits per heavy atom. The van der Waals surface area contributed by atoms with Crippen LogP contribution in [0.25, 0.3) is 0 Å². The quantitative estimate of drug-likeness (QED) is 0.127. The van der Waals surface area contributed by atoms with Gasteiger partial charge in [0.1, 0.15) is 0 Å². The van der Waals surface area contributed by atoms with E-state index in [1.54, 1.807) is 0 Å². The number of halogens is 1. The fourth-order valence-electron chi connectivity index (χ4n) is 8.57. The van der Waals surface area contributed by atoms with Crippen LogP contribution in [-0.4, -0.2) is 19.8 Å². The largest absolute Gasteiger partial charge is 0.353 e. The van der Waals surface area contributed by atoms with E-state index < -0.39 is 0 Å². The number of rotatable bonds is 10. The molecule has 0 spiro atoms. The minimum Gasteiger partial charge on any atom is -0.353 e. The Kier molecular flexibility index (Phi) is 12.5. The summed E-state index contributed by atoms with van der Waals surface area (Å²) in [7, 11) is 0. The molecule has 0 aliphatic carbocycles. The maximum absolute atomic E-state index is 2.72. The second kappa shape index (κ2) is 17.2. The number of hydrogen-bond donors (Lipinski definition) is 0. The zero-order chi connectivity index (χ0) is 36.2. The van der Waals surface area contributed by atoms with Crippen LogP contribution in [0, 0.1) is 13.8 Å². The predicted molar refractivity (Wildman–Crippen MR) is 238 cm³/mol. The van der Waals surface area contributed by atoms with Crippen LogP contribution in [0.3, 0.4) is 0 Å². The third-order valence-electron chi connectivity index (χ3n) is 11.5. The van der Waals surface area contributed by atoms with Gasteiger partial charge in [-0.15, -0.1) is 24.0 Å². The first-order valence-electron chi connectivity index (χ1n) is 19.3. The lowest BCUT2D eigenvalue weighted by Gasteiger charge is -2.43. The van der Waals surface area contributed by atoms with Gasteiger partial charge in [0, 0.05) is 48.1 Å². The zero-order valence-electron chi connectivity index (χ0n) is 32.3. The predicted octanol–water partition coefficient (Wildman–Crippen LogP) is 13.2. The van der Waals surface area contributed by atoms with E-state index in [4.69, 9.17) is 0 Å². The molecule has 1 aliphatic heterocycles. The highest BCUT2D eigenvalue weighted by Crippen LogP contribution is 2.45. The van der Waals surface area contributed by atoms with Crippen LogP contribution in [0.2, 0.25) is 0 Å². The minimum atomic E-state index is 0. The van der Waals surface area contributed by atoms with Gasteiger partial charge in [-0.1, -0.05) is 184 Å². The lowest BCUT2D eigenvalue weighted by molar-refractivity contribution is 0.603. The Hall–Kier alpha value is -4.35. The molecule has 3 heteroatoms. The molecule has 0 N–H and O–H groups in total. The van der Waals surface area contributed by atoms with Gasteiger partial charge in [-0.25, -0.2) is 0 Å². The Morgan fingerprint density at radius 3 is 0.887 bits per heavy atom. The van der Waals surface area contributed by atoms with Gasteiger partial charge in [-0.05, 0) is 64.8 Å². The number of nitrogens with zero attached hydrogens (tertiary/aromatic N) is 2. The van der Waals surface area contributed by atoms with Crippen molar-refractivity contribution >= 4 is 35.4 Å². The monoisotopic (exact) mass is 810 g/mol. The number of hydrogen-bond acceptors (Lipinski definition) is 2. The topological polar surface area (TPSA) is 6.48 Å². The molecule has 1 aliphatic rings. The molecule has 1 saturated heterocycles. The highest BCUT2D eigenvalue weighted by atomic mass is 127. The number of benzene rings is 6. The van der Waals surface area contributed by atoms with Crippen molar-refractivity contribution in [1.29, 1.82) is 0 Å². The summed E-state index contributed by atoms with van der Waals surface area (Å²) in [5.74, 6) is 1.04. The van der Waals surface area contributed by atoms with Crippen LogP contribution in [0.15, 0.2) is 146 Å². The average Bonchev–Trinajstić information content (AvgIpc) is 3.20. The first kappa shape index (κ1) is 38.4. The SMILES string of the molecule is Cc1cc(C(C)c2ccccc2)c(N2CCCN(c3c(C(C)c4ccccc4)cc(C)cc3C(C)c3ccccc3)C2)c(C(C)c2ccccc2)c1.I. The fourth-order valence-corrected chi connectivity index (χ4v) is 8.57. The van der Waals surface area contributed by atoms with Crippen molar-refractivity contribution < 1.29 is 0 Å². The van der Waals surface area contributed by atoms with Gasteiger partial charge in [-0.3, -0.25) is 0 Å². The molecule has 0 saturated carbocycles. The molecule has 4 unspecified atom stereocenters. The van der Waals surface area contributed by atoms with Gasteiger partial charge in [0.25, 0.3) is 0 Å². The first-order valence-corrected chi connectivity index (χ1v) is 19.3. The van der Waals surface area contributed by atoms with Gasteiger partial charge >= 0.3 is 0 Å². The van der Waals surface area contributed by atoms with Gasteiger partial charge in [0.05, 0.1) is 6.67 Å². The summed E-state index contributed by atoms with van der Waals surface area (Å²) in [5, 5.41) is 0. The van der Waals surface area contributed by atoms with Crippen LogP contribution >= 0.6 is 24.0 Å². The zero-order valence-corrected chi connectivity index (χ0v) is 34.6. The van der Waals surface area contributed by atoms with Crippen LogP contribution in [-0.2, 0) is 0 Å². The van der Waals surface area contributed by atoms with Crippen molar-refractivity contribution in [2.75, 3.05) is 29.6 Å². The van der Waals surface area contributed by atoms with Crippen molar-refractivity contribution in [3.8, 4) is 0 Å². The molecular weight excluding hydrogens is 755 g/mol. The Balaban J connectivity index is 0.00000481. The molecule has 6 aromatic carbocycles. The molecule has 2 nitrogen and oxygen atoms in total. The van der Waals surface area contributed by atoms with E-state index in [2.05, 4.69) is 197 Å². The highest BCUT2D eigenvalue weighted by molar-refractivity contribution is 14.0. The first-order chi connectivity index (χ1) is 25.3. The van der Waals surface area contributed by atoms with E-state index >= 15 is 0 Å². The minimum absolute atomic E-state index is 0. The van der Waals surface area contributed by atoms with Crippen molar-refractivity contribution in [1.82, 2.24) is 0 Å². The lowest BCUT2D eigenvalue weighted by Crippen LogP contribution is -2.46. The smallest absolute Gasteiger partial charge is 0.0903 e. The Morgan fingerprint density at radius 2 is 0.642 bits per heavy atom. The summed E-state index contributed by atoms with van der Waals surface area (Å²) in [5.41, 5.74) is 16.6. The van der Waals surface area contributed by atoms with Crippen LogP contribution in [0.1, 0.15) is 113 Å². The van der Waals surface area contributed by atoms with E-state index in [-0.39, 0.29) is 47.6 Å². The van der Waals surface area contributed by atoms with Crippen LogP contribution < -0.4 is 9.80 Å². The third kappa shape index (κ3) is 8.26. The lowest BCUT2D eigenvalue weighted by atomic mass is 9.83. The summed E-state index contributed by atoms with van der Waals surface area (Å²) in [6, 6.07) is 54.1. The number of aryl methyl sites for hydroxylation is 2. The molecule has 4 atom stereocenters. The van der Waals surface area contributed by atoms with E-state index in [1.165, 1.54) is 67.0 Å². The normalized spacial score (nSPS) is 15.3. The fraction of sp³-hybridized carbons (Fsp3) is 0.280. The molecule has 1 fully saturated rings. The second-order valence-corrected chi connectivity index (χ2v) is 15.1. The standard InChI is InChI=1S/C50H54N2.HI/c1-35-30-45(37(3)41-20-11-7-12-21-41)49(46(31-35)38(4)42-22-13-8-14-23-42)51-28-19-29-52(34-51)50-47(39(5)43-24-15-9-16-25-43)32-36(2)33-48(50)40(6)44-26-17-10-18-27-44;/h7-18,20-27,30-33,37-40H,19,28-29,34H2,1-6H3;1H. The molecule has 1 heterocycles. The van der Waals surface area contributed by atoms with Crippen molar-refractivity contribution in [3.63, 3.8) is 0 Å². The average molecular weight is 811 g/mol. The van der Waals surface area contributed by atoms with E-state index in [0.29, 0.717) is 0 Å². The summed E-state index contributed by atoms with van der Waals surface area (Å²) in [4.78, 5) is 5.44. The molecule has 0 amide bonds. The van der Waals surface area contributed by atoms with Crippen molar-refractivity contribution in [2.24, 2.45) is 0 Å². The highest BCUT2D eigenvalue weighted by Gasteiger charge is 2.31. The van der Waals surface area contributed by atoms with E-state index in [1.807, 2.05) is 0 Å². The van der Waals surface area contributed by atoms with Crippen LogP contribution in [0.4, 0.5) is 11.4 Å². The van der Waals surface area contributed by atoms with Crippen molar-refractivity contribution in [2.45, 2.75) is 71.6 Å². The van der Waals surface area contributed by atoms with E-state index in [0.717, 1.165) is 26.2 Å². The maximum atomic E-state index is 2.72. The van der Waals surface area contributed by atoms with Gasteiger partial charge in [-0.2, -0.15) is 0 Å². The summed E-state index contributed by atoms with van der Waals surface area (Å²) < 4.78 is 0. The Labute approximate surface area is 335 Å². The third-order valence-corrected chi connectivity index (χ3v) is 11.5. The molecule has 0 radical (unpaired) electrons. The molecule has 6 aromatic rings. The molecular formula is C50H55IN2. The molecule has 7 rings (SSSR count). The van der Waals surface area contributed by atoms with Gasteiger partial charge in [0.15, 0.2) is 0 Å². The Bertz CT molecular complexity index is 1790. The van der Waals surface area contributed by atoms with Crippen LogP contribution in [0.5, 0.6) is 0 Å². The molecule has 0 aromatic heterocycles. The van der Waals surface area contributed by atoms with Gasteiger partial charge in [0.2, 0.25) is 0 Å². The van der Waals surface area contributed by atoms with Crippen molar-refractivity contribution in [3.05, 3.63) is 201 Å². The summed E-state index contributed by atoms with van der Waals surface area (Å²) in [6.45, 7) is 17.0. The summed E-state index contributed by atoms with van der Waals surface area (Å²) >= 11 is 0. The second-order valence-electron chi connectivity index (χ2n) is 15.1. The molecule has 0 bridgehead atoms. The van der Waals surface area contributed by atoms with Gasteiger partial charge < -0.3 is 9.80 Å². The number of anilines is 2.